The standard InChI is InChI=1S/C12H15FN2O2S/c1-9(2)15(7-6-14)18(16,17)12-5-4-11(13)8-10(12)3/h4-5,8-9H,7H2,1-3H3. The first kappa shape index (κ1) is 14.6. The van der Waals surface area contributed by atoms with Crippen LogP contribution >= 0.6 is 0 Å². The van der Waals surface area contributed by atoms with Crippen molar-refractivity contribution in [1.82, 2.24) is 4.31 Å². The number of aryl methyl sites for hydroxylation is 1. The molecule has 0 amide bonds. The fraction of sp³-hybridized carbons (Fsp3) is 0.417. The van der Waals surface area contributed by atoms with E-state index in [2.05, 4.69) is 0 Å². The molecule has 0 spiro atoms. The summed E-state index contributed by atoms with van der Waals surface area (Å²) in [5, 5.41) is 8.69. The molecule has 1 aromatic carbocycles. The van der Waals surface area contributed by atoms with Gasteiger partial charge in [0.2, 0.25) is 10.0 Å². The van der Waals surface area contributed by atoms with Crippen molar-refractivity contribution in [2.45, 2.75) is 31.7 Å². The van der Waals surface area contributed by atoms with E-state index in [4.69, 9.17) is 5.26 Å². The first-order valence-corrected chi connectivity index (χ1v) is 6.89. The van der Waals surface area contributed by atoms with Gasteiger partial charge in [0, 0.05) is 6.04 Å². The Kier molecular flexibility index (Phi) is 4.43. The van der Waals surface area contributed by atoms with Crippen LogP contribution in [0.3, 0.4) is 0 Å². The Bertz CT molecular complexity index is 576. The van der Waals surface area contributed by atoms with Crippen LogP contribution in [0.5, 0.6) is 0 Å². The van der Waals surface area contributed by atoms with Crippen LogP contribution in [0.25, 0.3) is 0 Å². The predicted molar refractivity (Wildman–Crippen MR) is 65.8 cm³/mol. The van der Waals surface area contributed by atoms with Crippen molar-refractivity contribution >= 4 is 10.0 Å². The molecule has 0 aliphatic rings. The van der Waals surface area contributed by atoms with E-state index < -0.39 is 15.8 Å². The van der Waals surface area contributed by atoms with Crippen LogP contribution in [-0.2, 0) is 10.0 Å². The highest BCUT2D eigenvalue weighted by Crippen LogP contribution is 2.22. The average Bonchev–Trinajstić information content (AvgIpc) is 2.24. The Balaban J connectivity index is 3.32. The van der Waals surface area contributed by atoms with Gasteiger partial charge in [0.1, 0.15) is 12.4 Å². The first-order chi connectivity index (χ1) is 8.30. The molecule has 0 aliphatic heterocycles. The lowest BCUT2D eigenvalue weighted by molar-refractivity contribution is 0.385. The molecule has 0 saturated carbocycles. The van der Waals surface area contributed by atoms with Crippen LogP contribution in [0.4, 0.5) is 4.39 Å². The van der Waals surface area contributed by atoms with E-state index in [0.717, 1.165) is 16.4 Å². The summed E-state index contributed by atoms with van der Waals surface area (Å²) in [6, 6.07) is 4.99. The zero-order chi connectivity index (χ0) is 13.9. The minimum absolute atomic E-state index is 0.0350. The second-order valence-electron chi connectivity index (χ2n) is 4.21. The van der Waals surface area contributed by atoms with Gasteiger partial charge in [-0.05, 0) is 44.5 Å². The van der Waals surface area contributed by atoms with Gasteiger partial charge < -0.3 is 0 Å². The summed E-state index contributed by atoms with van der Waals surface area (Å²) in [5.41, 5.74) is 0.332. The monoisotopic (exact) mass is 270 g/mol. The number of sulfonamides is 1. The van der Waals surface area contributed by atoms with E-state index in [1.54, 1.807) is 13.8 Å². The molecule has 0 aliphatic carbocycles. The van der Waals surface area contributed by atoms with Crippen molar-refractivity contribution in [2.24, 2.45) is 0 Å². The summed E-state index contributed by atoms with van der Waals surface area (Å²) in [4.78, 5) is 0.0350. The van der Waals surface area contributed by atoms with E-state index in [1.807, 2.05) is 6.07 Å². The van der Waals surface area contributed by atoms with Crippen molar-refractivity contribution in [3.05, 3.63) is 29.6 Å². The fourth-order valence-electron chi connectivity index (χ4n) is 1.64. The Labute approximate surface area is 107 Å². The molecule has 18 heavy (non-hydrogen) atoms. The third kappa shape index (κ3) is 2.86. The van der Waals surface area contributed by atoms with Crippen LogP contribution in [0.2, 0.25) is 0 Å². The highest BCUT2D eigenvalue weighted by molar-refractivity contribution is 7.89. The van der Waals surface area contributed by atoms with Crippen LogP contribution < -0.4 is 0 Å². The fourth-order valence-corrected chi connectivity index (χ4v) is 3.38. The van der Waals surface area contributed by atoms with Crippen molar-refractivity contribution < 1.29 is 12.8 Å². The molecule has 0 atom stereocenters. The third-order valence-corrected chi connectivity index (χ3v) is 4.71. The quantitative estimate of drug-likeness (QED) is 0.787. The topological polar surface area (TPSA) is 61.2 Å². The molecule has 0 unspecified atom stereocenters. The summed E-state index contributed by atoms with van der Waals surface area (Å²) in [5.74, 6) is -0.483. The molecule has 1 rings (SSSR count). The van der Waals surface area contributed by atoms with Gasteiger partial charge in [-0.2, -0.15) is 9.57 Å². The van der Waals surface area contributed by atoms with Gasteiger partial charge in [0.05, 0.1) is 11.0 Å². The molecule has 0 fully saturated rings. The number of nitrogens with zero attached hydrogens (tertiary/aromatic N) is 2. The lowest BCUT2D eigenvalue weighted by Crippen LogP contribution is -2.37. The van der Waals surface area contributed by atoms with E-state index in [9.17, 15) is 12.8 Å². The zero-order valence-electron chi connectivity index (χ0n) is 10.5. The molecular formula is C12H15FN2O2S. The highest BCUT2D eigenvalue weighted by Gasteiger charge is 2.28. The second-order valence-corrected chi connectivity index (χ2v) is 6.07. The van der Waals surface area contributed by atoms with Gasteiger partial charge in [-0.25, -0.2) is 12.8 Å². The maximum absolute atomic E-state index is 13.0. The van der Waals surface area contributed by atoms with Gasteiger partial charge in [-0.3, -0.25) is 0 Å². The maximum Gasteiger partial charge on any atom is 0.244 e. The largest absolute Gasteiger partial charge is 0.244 e. The summed E-state index contributed by atoms with van der Waals surface area (Å²) >= 11 is 0. The minimum Gasteiger partial charge on any atom is -0.207 e. The van der Waals surface area contributed by atoms with Crippen molar-refractivity contribution in [2.75, 3.05) is 6.54 Å². The SMILES string of the molecule is Cc1cc(F)ccc1S(=O)(=O)N(CC#N)C(C)C. The number of rotatable bonds is 4. The maximum atomic E-state index is 13.0. The predicted octanol–water partition coefficient (Wildman–Crippen LogP) is 2.06. The molecule has 4 nitrogen and oxygen atoms in total. The smallest absolute Gasteiger partial charge is 0.207 e. The molecule has 0 bridgehead atoms. The molecule has 0 N–H and O–H groups in total. The molecule has 0 heterocycles. The molecule has 0 saturated heterocycles. The van der Waals surface area contributed by atoms with Gasteiger partial charge in [0.25, 0.3) is 0 Å². The van der Waals surface area contributed by atoms with E-state index >= 15 is 0 Å². The van der Waals surface area contributed by atoms with Crippen LogP contribution in [0.1, 0.15) is 19.4 Å². The van der Waals surface area contributed by atoms with Gasteiger partial charge >= 0.3 is 0 Å². The molecule has 0 radical (unpaired) electrons. The lowest BCUT2D eigenvalue weighted by atomic mass is 10.2. The minimum atomic E-state index is -3.77. The lowest BCUT2D eigenvalue weighted by Gasteiger charge is -2.23. The third-order valence-electron chi connectivity index (χ3n) is 2.53. The molecular weight excluding hydrogens is 255 g/mol. The molecule has 1 aromatic rings. The molecule has 6 heteroatoms. The van der Waals surface area contributed by atoms with Gasteiger partial charge in [-0.1, -0.05) is 0 Å². The highest BCUT2D eigenvalue weighted by atomic mass is 32.2. The number of benzene rings is 1. The molecule has 0 aromatic heterocycles. The Hall–Kier alpha value is -1.45. The summed E-state index contributed by atoms with van der Waals surface area (Å²) in [6.07, 6.45) is 0. The summed E-state index contributed by atoms with van der Waals surface area (Å²) in [7, 11) is -3.77. The van der Waals surface area contributed by atoms with E-state index in [0.29, 0.717) is 5.56 Å². The Morgan fingerprint density at radius 2 is 2.06 bits per heavy atom. The number of nitriles is 1. The van der Waals surface area contributed by atoms with Gasteiger partial charge in [0.15, 0.2) is 0 Å². The number of hydrogen-bond acceptors (Lipinski definition) is 3. The van der Waals surface area contributed by atoms with Gasteiger partial charge in [-0.15, -0.1) is 0 Å². The number of hydrogen-bond donors (Lipinski definition) is 0. The van der Waals surface area contributed by atoms with E-state index in [-0.39, 0.29) is 17.5 Å². The normalized spacial score (nSPS) is 11.8. The summed E-state index contributed by atoms with van der Waals surface area (Å²) < 4.78 is 38.8. The Morgan fingerprint density at radius 1 is 1.44 bits per heavy atom. The first-order valence-electron chi connectivity index (χ1n) is 5.45. The van der Waals surface area contributed by atoms with Crippen LogP contribution in [-0.4, -0.2) is 25.3 Å². The second kappa shape index (κ2) is 5.46. The zero-order valence-corrected chi connectivity index (χ0v) is 11.3. The summed E-state index contributed by atoms with van der Waals surface area (Å²) in [6.45, 7) is 4.68. The Morgan fingerprint density at radius 3 is 2.50 bits per heavy atom. The van der Waals surface area contributed by atoms with Crippen LogP contribution in [0.15, 0.2) is 23.1 Å². The van der Waals surface area contributed by atoms with Crippen LogP contribution in [0, 0.1) is 24.1 Å². The van der Waals surface area contributed by atoms with E-state index in [1.165, 1.54) is 13.0 Å². The number of halogens is 1. The van der Waals surface area contributed by atoms with Crippen molar-refractivity contribution in [3.63, 3.8) is 0 Å². The average molecular weight is 270 g/mol. The van der Waals surface area contributed by atoms with Crippen molar-refractivity contribution in [1.29, 1.82) is 5.26 Å². The van der Waals surface area contributed by atoms with Crippen molar-refractivity contribution in [3.8, 4) is 6.07 Å². The molecule has 98 valence electrons.